The fourth-order valence-corrected chi connectivity index (χ4v) is 3.67. The average molecular weight is 345 g/mol. The first-order valence-electron chi connectivity index (χ1n) is 8.05. The lowest BCUT2D eigenvalue weighted by Crippen LogP contribution is -2.36. The van der Waals surface area contributed by atoms with Crippen LogP contribution in [-0.2, 0) is 13.1 Å². The Hall–Kier alpha value is -1.94. The van der Waals surface area contributed by atoms with Crippen molar-refractivity contribution in [2.45, 2.75) is 32.0 Å². The average Bonchev–Trinajstić information content (AvgIpc) is 3.04. The number of anilines is 1. The zero-order chi connectivity index (χ0) is 16.9. The van der Waals surface area contributed by atoms with Crippen molar-refractivity contribution in [3.05, 3.63) is 51.5 Å². The van der Waals surface area contributed by atoms with Crippen LogP contribution in [0.15, 0.2) is 29.6 Å². The lowest BCUT2D eigenvalue weighted by atomic mass is 10.1. The number of hydrogen-bond acceptors (Lipinski definition) is 5. The number of halogens is 1. The van der Waals surface area contributed by atoms with Crippen molar-refractivity contribution in [1.82, 2.24) is 5.32 Å². The van der Waals surface area contributed by atoms with Crippen LogP contribution in [0.2, 0.25) is 0 Å². The molecule has 3 rings (SSSR count). The molecule has 0 amide bonds. The van der Waals surface area contributed by atoms with Crippen LogP contribution >= 0.6 is 11.3 Å². The van der Waals surface area contributed by atoms with Gasteiger partial charge in [0, 0.05) is 36.4 Å². The number of aliphatic hydroxyl groups excluding tert-OH is 1. The van der Waals surface area contributed by atoms with Crippen LogP contribution in [0.3, 0.4) is 0 Å². The maximum absolute atomic E-state index is 14.4. The van der Waals surface area contributed by atoms with Crippen molar-refractivity contribution < 1.29 is 9.50 Å². The second-order valence-electron chi connectivity index (χ2n) is 6.02. The number of benzene rings is 1. The van der Waals surface area contributed by atoms with Gasteiger partial charge in [0.05, 0.1) is 17.4 Å². The van der Waals surface area contributed by atoms with E-state index in [9.17, 15) is 9.50 Å². The Bertz CT molecular complexity index is 732. The summed E-state index contributed by atoms with van der Waals surface area (Å²) in [7, 11) is 0. The number of hydrogen-bond donors (Lipinski definition) is 2. The topological polar surface area (TPSA) is 59.3 Å². The van der Waals surface area contributed by atoms with Gasteiger partial charge in [-0.3, -0.25) is 0 Å². The molecule has 4 nitrogen and oxygen atoms in total. The van der Waals surface area contributed by atoms with E-state index in [1.165, 1.54) is 0 Å². The van der Waals surface area contributed by atoms with Gasteiger partial charge in [-0.2, -0.15) is 5.26 Å². The van der Waals surface area contributed by atoms with E-state index in [-0.39, 0.29) is 11.9 Å². The number of rotatable bonds is 5. The smallest absolute Gasteiger partial charge is 0.146 e. The molecule has 0 saturated carbocycles. The lowest BCUT2D eigenvalue weighted by molar-refractivity contribution is 0.145. The van der Waals surface area contributed by atoms with Gasteiger partial charge in [0.1, 0.15) is 11.9 Å². The van der Waals surface area contributed by atoms with Crippen LogP contribution < -0.4 is 10.2 Å². The molecule has 1 aromatic heterocycles. The monoisotopic (exact) mass is 345 g/mol. The van der Waals surface area contributed by atoms with E-state index in [0.29, 0.717) is 50.3 Å². The summed E-state index contributed by atoms with van der Waals surface area (Å²) in [4.78, 5) is 3.09. The third-order valence-corrected chi connectivity index (χ3v) is 5.17. The highest BCUT2D eigenvalue weighted by molar-refractivity contribution is 7.10. The third-order valence-electron chi connectivity index (χ3n) is 4.23. The summed E-state index contributed by atoms with van der Waals surface area (Å²) in [5.74, 6) is -0.214. The number of thiophene rings is 1. The Morgan fingerprint density at radius 1 is 1.29 bits per heavy atom. The van der Waals surface area contributed by atoms with E-state index >= 15 is 0 Å². The van der Waals surface area contributed by atoms with Crippen molar-refractivity contribution in [3.63, 3.8) is 0 Å². The highest BCUT2D eigenvalue weighted by Crippen LogP contribution is 2.24. The molecule has 0 radical (unpaired) electrons. The largest absolute Gasteiger partial charge is 0.393 e. The maximum Gasteiger partial charge on any atom is 0.146 e. The molecule has 2 heterocycles. The first-order chi connectivity index (χ1) is 11.7. The van der Waals surface area contributed by atoms with Crippen LogP contribution in [0.1, 0.15) is 28.8 Å². The van der Waals surface area contributed by atoms with E-state index < -0.39 is 0 Å². The molecule has 1 aromatic carbocycles. The van der Waals surface area contributed by atoms with Gasteiger partial charge in [0.2, 0.25) is 0 Å². The standard InChI is InChI=1S/C18H20FN3OS/c19-17-8-13(10-21-11-16-7-14(9-20)12-24-16)1-2-18(17)22-5-3-15(23)4-6-22/h1-2,7-8,12,15,21,23H,3-6,10-11H2. The zero-order valence-corrected chi connectivity index (χ0v) is 14.2. The number of aliphatic hydroxyl groups is 1. The predicted octanol–water partition coefficient (Wildman–Crippen LogP) is 3.01. The van der Waals surface area contributed by atoms with Gasteiger partial charge >= 0.3 is 0 Å². The summed E-state index contributed by atoms with van der Waals surface area (Å²) in [5, 5.41) is 23.5. The molecule has 0 unspecified atom stereocenters. The van der Waals surface area contributed by atoms with Gasteiger partial charge in [-0.1, -0.05) is 6.07 Å². The van der Waals surface area contributed by atoms with Gasteiger partial charge in [-0.05, 0) is 36.6 Å². The molecule has 24 heavy (non-hydrogen) atoms. The summed E-state index contributed by atoms with van der Waals surface area (Å²) in [6.07, 6.45) is 1.12. The maximum atomic E-state index is 14.4. The summed E-state index contributed by atoms with van der Waals surface area (Å²) in [6.45, 7) is 2.63. The van der Waals surface area contributed by atoms with Crippen molar-refractivity contribution in [1.29, 1.82) is 5.26 Å². The Labute approximate surface area is 145 Å². The van der Waals surface area contributed by atoms with Crippen molar-refractivity contribution in [2.24, 2.45) is 0 Å². The summed E-state index contributed by atoms with van der Waals surface area (Å²) >= 11 is 1.55. The molecule has 1 saturated heterocycles. The van der Waals surface area contributed by atoms with Gasteiger partial charge in [0.25, 0.3) is 0 Å². The zero-order valence-electron chi connectivity index (χ0n) is 13.3. The van der Waals surface area contributed by atoms with Crippen LogP contribution in [0.5, 0.6) is 0 Å². The quantitative estimate of drug-likeness (QED) is 0.875. The molecular weight excluding hydrogens is 325 g/mol. The fourth-order valence-electron chi connectivity index (χ4n) is 2.89. The van der Waals surface area contributed by atoms with E-state index in [1.54, 1.807) is 17.4 Å². The second kappa shape index (κ2) is 7.75. The molecular formula is C18H20FN3OS. The van der Waals surface area contributed by atoms with Crippen molar-refractivity contribution >= 4 is 17.0 Å². The minimum absolute atomic E-state index is 0.214. The van der Waals surface area contributed by atoms with E-state index in [2.05, 4.69) is 11.4 Å². The molecule has 6 heteroatoms. The molecule has 0 aliphatic carbocycles. The minimum atomic E-state index is -0.258. The van der Waals surface area contributed by atoms with Gasteiger partial charge < -0.3 is 15.3 Å². The number of nitrogens with zero attached hydrogens (tertiary/aromatic N) is 2. The lowest BCUT2D eigenvalue weighted by Gasteiger charge is -2.31. The van der Waals surface area contributed by atoms with Crippen LogP contribution in [-0.4, -0.2) is 24.3 Å². The molecule has 0 atom stereocenters. The van der Waals surface area contributed by atoms with E-state index in [1.807, 2.05) is 28.5 Å². The van der Waals surface area contributed by atoms with E-state index in [0.717, 1.165) is 10.4 Å². The summed E-state index contributed by atoms with van der Waals surface area (Å²) < 4.78 is 14.4. The third kappa shape index (κ3) is 4.12. The highest BCUT2D eigenvalue weighted by atomic mass is 32.1. The van der Waals surface area contributed by atoms with Crippen molar-refractivity contribution in [3.8, 4) is 6.07 Å². The number of nitrogens with one attached hydrogen (secondary N) is 1. The first kappa shape index (κ1) is 16.9. The molecule has 2 aromatic rings. The minimum Gasteiger partial charge on any atom is -0.393 e. The van der Waals surface area contributed by atoms with Gasteiger partial charge in [0.15, 0.2) is 0 Å². The highest BCUT2D eigenvalue weighted by Gasteiger charge is 2.19. The Balaban J connectivity index is 1.55. The molecule has 0 bridgehead atoms. The first-order valence-corrected chi connectivity index (χ1v) is 8.93. The van der Waals surface area contributed by atoms with Gasteiger partial charge in [-0.15, -0.1) is 11.3 Å². The molecule has 2 N–H and O–H groups in total. The molecule has 1 aliphatic heterocycles. The predicted molar refractivity (Wildman–Crippen MR) is 93.4 cm³/mol. The second-order valence-corrected chi connectivity index (χ2v) is 7.02. The van der Waals surface area contributed by atoms with Gasteiger partial charge in [-0.25, -0.2) is 4.39 Å². The SMILES string of the molecule is N#Cc1csc(CNCc2ccc(N3CCC(O)CC3)c(F)c2)c1. The Morgan fingerprint density at radius 3 is 2.75 bits per heavy atom. The summed E-state index contributed by atoms with van der Waals surface area (Å²) in [5.41, 5.74) is 2.19. The fraction of sp³-hybridized carbons (Fsp3) is 0.389. The number of nitriles is 1. The Morgan fingerprint density at radius 2 is 2.08 bits per heavy atom. The van der Waals surface area contributed by atoms with Crippen LogP contribution in [0.4, 0.5) is 10.1 Å². The van der Waals surface area contributed by atoms with Crippen molar-refractivity contribution in [2.75, 3.05) is 18.0 Å². The Kier molecular flexibility index (Phi) is 5.46. The van der Waals surface area contributed by atoms with Crippen LogP contribution in [0.25, 0.3) is 0 Å². The van der Waals surface area contributed by atoms with E-state index in [4.69, 9.17) is 5.26 Å². The molecule has 126 valence electrons. The molecule has 1 fully saturated rings. The number of piperidine rings is 1. The normalized spacial score (nSPS) is 15.5. The molecule has 0 spiro atoms. The van der Waals surface area contributed by atoms with Crippen LogP contribution in [0, 0.1) is 17.1 Å². The molecule has 1 aliphatic rings. The summed E-state index contributed by atoms with van der Waals surface area (Å²) in [6, 6.07) is 9.31.